The first-order valence-electron chi connectivity index (χ1n) is 7.50. The Bertz CT molecular complexity index is 745. The second-order valence-corrected chi connectivity index (χ2v) is 6.24. The molecular formula is C15H17N5O2. The van der Waals surface area contributed by atoms with Crippen LogP contribution in [0.4, 0.5) is 0 Å². The van der Waals surface area contributed by atoms with Crippen molar-refractivity contribution in [3.8, 4) is 0 Å². The molecule has 2 aromatic rings. The largest absolute Gasteiger partial charge is 0.356 e. The molecule has 0 bridgehead atoms. The molecule has 0 aliphatic carbocycles. The van der Waals surface area contributed by atoms with Crippen LogP contribution in [0.5, 0.6) is 0 Å². The quantitative estimate of drug-likeness (QED) is 0.811. The summed E-state index contributed by atoms with van der Waals surface area (Å²) in [7, 11) is 0. The van der Waals surface area contributed by atoms with Gasteiger partial charge >= 0.3 is 0 Å². The Morgan fingerprint density at radius 2 is 2.09 bits per heavy atom. The van der Waals surface area contributed by atoms with Gasteiger partial charge in [0, 0.05) is 32.3 Å². The molecule has 2 aliphatic rings. The molecular weight excluding hydrogens is 282 g/mol. The second-order valence-electron chi connectivity index (χ2n) is 6.24. The summed E-state index contributed by atoms with van der Waals surface area (Å²) >= 11 is 0. The number of aromatic amines is 1. The van der Waals surface area contributed by atoms with Gasteiger partial charge in [-0.25, -0.2) is 9.97 Å². The summed E-state index contributed by atoms with van der Waals surface area (Å²) in [6.45, 7) is 2.12. The highest BCUT2D eigenvalue weighted by Gasteiger charge is 2.41. The Morgan fingerprint density at radius 3 is 2.82 bits per heavy atom. The van der Waals surface area contributed by atoms with Crippen molar-refractivity contribution in [1.82, 2.24) is 25.2 Å². The maximum atomic E-state index is 12.6. The monoisotopic (exact) mass is 299 g/mol. The van der Waals surface area contributed by atoms with Crippen molar-refractivity contribution < 1.29 is 9.59 Å². The molecule has 2 aromatic heterocycles. The van der Waals surface area contributed by atoms with E-state index in [0.29, 0.717) is 30.7 Å². The first-order valence-corrected chi connectivity index (χ1v) is 7.50. The van der Waals surface area contributed by atoms with E-state index in [1.165, 1.54) is 0 Å². The number of amides is 2. The van der Waals surface area contributed by atoms with Gasteiger partial charge in [-0.1, -0.05) is 0 Å². The van der Waals surface area contributed by atoms with Crippen molar-refractivity contribution in [3.63, 3.8) is 0 Å². The summed E-state index contributed by atoms with van der Waals surface area (Å²) in [5.41, 5.74) is 2.02. The molecule has 2 amide bonds. The van der Waals surface area contributed by atoms with E-state index in [0.717, 1.165) is 24.9 Å². The molecule has 2 N–H and O–H groups in total. The van der Waals surface area contributed by atoms with E-state index in [4.69, 9.17) is 0 Å². The molecule has 2 saturated heterocycles. The van der Waals surface area contributed by atoms with E-state index in [9.17, 15) is 9.59 Å². The standard InChI is InChI=1S/C15H17N5O2/c21-12-6-15(8-17-12)1-3-20(4-2-15)14(22)10-5-11-13(16-7-10)19-9-18-11/h5,7,9H,1-4,6,8H2,(H,17,21)(H,16,18,19). The molecule has 2 aliphatic heterocycles. The number of carbonyl (C=O) groups excluding carboxylic acids is 2. The number of hydrogen-bond donors (Lipinski definition) is 2. The minimum atomic E-state index is -0.00358. The van der Waals surface area contributed by atoms with Gasteiger partial charge in [-0.3, -0.25) is 9.59 Å². The average Bonchev–Trinajstić information content (AvgIpc) is 3.14. The Balaban J connectivity index is 1.48. The molecule has 2 fully saturated rings. The van der Waals surface area contributed by atoms with Gasteiger partial charge in [0.2, 0.25) is 5.91 Å². The van der Waals surface area contributed by atoms with Gasteiger partial charge < -0.3 is 15.2 Å². The SMILES string of the molecule is O=C1CC2(CCN(C(=O)c3cnc4nc[nH]c4c3)CC2)CN1. The van der Waals surface area contributed by atoms with Crippen LogP contribution in [0.1, 0.15) is 29.6 Å². The molecule has 0 radical (unpaired) electrons. The molecule has 114 valence electrons. The Labute approximate surface area is 127 Å². The van der Waals surface area contributed by atoms with Crippen molar-refractivity contribution in [2.75, 3.05) is 19.6 Å². The Morgan fingerprint density at radius 1 is 1.27 bits per heavy atom. The number of pyridine rings is 1. The van der Waals surface area contributed by atoms with Crippen molar-refractivity contribution in [3.05, 3.63) is 24.2 Å². The van der Waals surface area contributed by atoms with Gasteiger partial charge in [0.1, 0.15) is 0 Å². The molecule has 4 heterocycles. The summed E-state index contributed by atoms with van der Waals surface area (Å²) in [5, 5.41) is 2.91. The van der Waals surface area contributed by atoms with Crippen LogP contribution in [-0.2, 0) is 4.79 Å². The molecule has 1 spiro atoms. The zero-order valence-electron chi connectivity index (χ0n) is 12.1. The minimum Gasteiger partial charge on any atom is -0.356 e. The van der Waals surface area contributed by atoms with E-state index in [-0.39, 0.29) is 17.2 Å². The number of imidazole rings is 1. The van der Waals surface area contributed by atoms with Crippen molar-refractivity contribution in [1.29, 1.82) is 0 Å². The van der Waals surface area contributed by atoms with Crippen LogP contribution in [0.25, 0.3) is 11.2 Å². The van der Waals surface area contributed by atoms with Crippen LogP contribution < -0.4 is 5.32 Å². The Hall–Kier alpha value is -2.44. The number of hydrogen-bond acceptors (Lipinski definition) is 4. The van der Waals surface area contributed by atoms with Crippen LogP contribution in [-0.4, -0.2) is 51.3 Å². The highest BCUT2D eigenvalue weighted by Crippen LogP contribution is 2.37. The van der Waals surface area contributed by atoms with Gasteiger partial charge in [0.25, 0.3) is 5.91 Å². The van der Waals surface area contributed by atoms with Crippen LogP contribution in [0.15, 0.2) is 18.6 Å². The second kappa shape index (κ2) is 4.79. The van der Waals surface area contributed by atoms with Gasteiger partial charge in [0.15, 0.2) is 5.65 Å². The van der Waals surface area contributed by atoms with Crippen LogP contribution >= 0.6 is 0 Å². The summed E-state index contributed by atoms with van der Waals surface area (Å²) in [4.78, 5) is 37.1. The first-order chi connectivity index (χ1) is 10.7. The lowest BCUT2D eigenvalue weighted by molar-refractivity contribution is -0.119. The molecule has 22 heavy (non-hydrogen) atoms. The molecule has 0 aromatic carbocycles. The third-order valence-corrected chi connectivity index (χ3v) is 4.83. The van der Waals surface area contributed by atoms with E-state index in [1.54, 1.807) is 18.6 Å². The molecule has 4 rings (SSSR count). The summed E-state index contributed by atoms with van der Waals surface area (Å²) in [5.74, 6) is 0.129. The predicted octanol–water partition coefficient (Wildman–Crippen LogP) is 0.700. The molecule has 0 atom stereocenters. The number of H-pyrrole nitrogens is 1. The maximum Gasteiger partial charge on any atom is 0.255 e. The molecule has 7 nitrogen and oxygen atoms in total. The number of likely N-dealkylation sites (tertiary alicyclic amines) is 1. The van der Waals surface area contributed by atoms with Crippen LogP contribution in [0.3, 0.4) is 0 Å². The number of rotatable bonds is 1. The van der Waals surface area contributed by atoms with Gasteiger partial charge in [0.05, 0.1) is 17.4 Å². The Kier molecular flexibility index (Phi) is 2.88. The number of fused-ring (bicyclic) bond motifs is 1. The average molecular weight is 299 g/mol. The number of nitrogens with one attached hydrogen (secondary N) is 2. The molecule has 7 heteroatoms. The fourth-order valence-electron chi connectivity index (χ4n) is 3.42. The van der Waals surface area contributed by atoms with Gasteiger partial charge in [-0.05, 0) is 24.3 Å². The number of aromatic nitrogens is 3. The maximum absolute atomic E-state index is 12.6. The van der Waals surface area contributed by atoms with E-state index < -0.39 is 0 Å². The third kappa shape index (κ3) is 2.13. The number of carbonyl (C=O) groups is 2. The van der Waals surface area contributed by atoms with Crippen molar-refractivity contribution in [2.24, 2.45) is 5.41 Å². The molecule has 0 unspecified atom stereocenters. The lowest BCUT2D eigenvalue weighted by Crippen LogP contribution is -2.44. The normalized spacial score (nSPS) is 20.5. The third-order valence-electron chi connectivity index (χ3n) is 4.83. The highest BCUT2D eigenvalue weighted by molar-refractivity contribution is 5.96. The van der Waals surface area contributed by atoms with Crippen LogP contribution in [0.2, 0.25) is 0 Å². The number of piperidine rings is 1. The van der Waals surface area contributed by atoms with E-state index in [2.05, 4.69) is 20.3 Å². The van der Waals surface area contributed by atoms with Crippen molar-refractivity contribution >= 4 is 23.0 Å². The highest BCUT2D eigenvalue weighted by atomic mass is 16.2. The zero-order chi connectivity index (χ0) is 15.2. The lowest BCUT2D eigenvalue weighted by atomic mass is 9.77. The summed E-state index contributed by atoms with van der Waals surface area (Å²) < 4.78 is 0. The van der Waals surface area contributed by atoms with Gasteiger partial charge in [-0.2, -0.15) is 0 Å². The zero-order valence-corrected chi connectivity index (χ0v) is 12.1. The fraction of sp³-hybridized carbons (Fsp3) is 0.467. The minimum absolute atomic E-state index is 0.00358. The smallest absolute Gasteiger partial charge is 0.255 e. The first kappa shape index (κ1) is 13.2. The number of nitrogens with zero attached hydrogens (tertiary/aromatic N) is 3. The summed E-state index contributed by atoms with van der Waals surface area (Å²) in [6, 6.07) is 1.79. The lowest BCUT2D eigenvalue weighted by Gasteiger charge is -2.38. The van der Waals surface area contributed by atoms with Gasteiger partial charge in [-0.15, -0.1) is 0 Å². The molecule has 0 saturated carbocycles. The van der Waals surface area contributed by atoms with Crippen LogP contribution in [0, 0.1) is 5.41 Å². The summed E-state index contributed by atoms with van der Waals surface area (Å²) in [6.07, 6.45) is 5.49. The predicted molar refractivity (Wildman–Crippen MR) is 79.1 cm³/mol. The van der Waals surface area contributed by atoms with E-state index >= 15 is 0 Å². The fourth-order valence-corrected chi connectivity index (χ4v) is 3.42. The van der Waals surface area contributed by atoms with Crippen molar-refractivity contribution in [2.45, 2.75) is 19.3 Å². The van der Waals surface area contributed by atoms with E-state index in [1.807, 2.05) is 4.90 Å². The topological polar surface area (TPSA) is 91.0 Å².